The van der Waals surface area contributed by atoms with Crippen LogP contribution in [0.2, 0.25) is 0 Å². The molecule has 104 heavy (non-hydrogen) atoms. The number of carboxylic acids is 1. The summed E-state index contributed by atoms with van der Waals surface area (Å²) in [6.07, 6.45) is 14.1. The van der Waals surface area contributed by atoms with Crippen LogP contribution in [0.5, 0.6) is 0 Å². The molecule has 39 heteroatoms. The number of amides is 7. The molecule has 5 unspecified atom stereocenters. The summed E-state index contributed by atoms with van der Waals surface area (Å²) in [5, 5.41) is 20.9. The van der Waals surface area contributed by atoms with Gasteiger partial charge in [-0.1, -0.05) is 50.3 Å². The van der Waals surface area contributed by atoms with Gasteiger partial charge in [-0.05, 0) is 126 Å². The third-order valence-corrected chi connectivity index (χ3v) is 22.1. The van der Waals surface area contributed by atoms with E-state index >= 15 is 0 Å². The molecular formula is C65H91N8O26S5+. The average molecular weight is 1560 g/mol. The molecule has 2 aromatic rings. The second-order valence-electron chi connectivity index (χ2n) is 26.3. The van der Waals surface area contributed by atoms with Crippen LogP contribution < -0.4 is 31.5 Å². The van der Waals surface area contributed by atoms with Gasteiger partial charge in [0.05, 0.1) is 15.2 Å². The highest BCUT2D eigenvalue weighted by Gasteiger charge is 2.48. The number of nitrogens with zero attached hydrogens (tertiary/aromatic N) is 3. The maximum absolute atomic E-state index is 13.7. The number of carbonyl (C=O) groups is 9. The second kappa shape index (κ2) is 37.4. The Morgan fingerprint density at radius 3 is 1.62 bits per heavy atom. The van der Waals surface area contributed by atoms with E-state index in [9.17, 15) is 113 Å². The number of aliphatic carboxylic acids is 1. The first-order chi connectivity index (χ1) is 48.6. The van der Waals surface area contributed by atoms with Crippen LogP contribution in [-0.4, -0.2) is 200 Å². The number of rotatable bonds is 21. The predicted octanol–water partition coefficient (Wildman–Crippen LogP) is 3.56. The van der Waals surface area contributed by atoms with Gasteiger partial charge in [-0.25, -0.2) is 4.79 Å². The number of hydroxylamine groups is 2. The summed E-state index contributed by atoms with van der Waals surface area (Å²) < 4.78 is 176. The monoisotopic (exact) mass is 1560 g/mol. The van der Waals surface area contributed by atoms with E-state index in [4.69, 9.17) is 4.84 Å². The van der Waals surface area contributed by atoms with Crippen LogP contribution in [0, 0.1) is 0 Å². The van der Waals surface area contributed by atoms with Gasteiger partial charge in [-0.2, -0.15) is 46.7 Å². The summed E-state index contributed by atoms with van der Waals surface area (Å²) in [4.78, 5) is 122. The van der Waals surface area contributed by atoms with E-state index in [0.717, 1.165) is 0 Å². The number of fused-ring (bicyclic) bond motifs is 5. The highest BCUT2D eigenvalue weighted by Crippen LogP contribution is 2.52. The zero-order valence-corrected chi connectivity index (χ0v) is 61.6. The molecule has 0 aromatic heterocycles. The van der Waals surface area contributed by atoms with E-state index in [1.54, 1.807) is 30.4 Å². The van der Waals surface area contributed by atoms with Crippen molar-refractivity contribution in [2.45, 2.75) is 200 Å². The van der Waals surface area contributed by atoms with Gasteiger partial charge in [-0.3, -0.25) is 61.1 Å². The molecule has 0 aliphatic carbocycles. The fourth-order valence-corrected chi connectivity index (χ4v) is 15.9. The van der Waals surface area contributed by atoms with Crippen molar-refractivity contribution in [1.82, 2.24) is 31.6 Å². The Labute approximate surface area is 604 Å². The number of hydrogen-bond acceptors (Lipinski definition) is 21. The van der Waals surface area contributed by atoms with Crippen molar-refractivity contribution in [2.75, 3.05) is 48.3 Å². The lowest BCUT2D eigenvalue weighted by Gasteiger charge is -2.30. The number of nitrogens with one attached hydrogen (secondary N) is 5. The highest BCUT2D eigenvalue weighted by atomic mass is 32.2. The van der Waals surface area contributed by atoms with Gasteiger partial charge in [0.2, 0.25) is 35.2 Å². The van der Waals surface area contributed by atoms with E-state index in [0.29, 0.717) is 123 Å². The van der Waals surface area contributed by atoms with E-state index in [1.807, 2.05) is 40.0 Å². The molecule has 2 aromatic carbocycles. The molecule has 4 aliphatic heterocycles. The minimum Gasteiger partial charge on any atom is -0.481 e. The molecular weight excluding hydrogens is 1470 g/mol. The van der Waals surface area contributed by atoms with Crippen LogP contribution in [0.3, 0.4) is 0 Å². The number of carboxylic acid groups (broad SMARTS) is 1. The van der Waals surface area contributed by atoms with E-state index < -0.39 is 156 Å². The number of benzene rings is 2. The maximum atomic E-state index is 13.7. The Kier molecular flexibility index (Phi) is 30.6. The van der Waals surface area contributed by atoms with Crippen LogP contribution in [-0.2, 0) is 109 Å². The first-order valence-corrected chi connectivity index (χ1v) is 41.6. The lowest BCUT2D eigenvalue weighted by Crippen LogP contribution is -2.60. The van der Waals surface area contributed by atoms with E-state index in [1.165, 1.54) is 30.3 Å². The van der Waals surface area contributed by atoms with Crippen LogP contribution in [0.1, 0.15) is 173 Å². The summed E-state index contributed by atoms with van der Waals surface area (Å²) in [7, 11) is -25.1. The third-order valence-electron chi connectivity index (χ3n) is 18.2. The zero-order valence-electron chi connectivity index (χ0n) is 57.5. The van der Waals surface area contributed by atoms with Gasteiger partial charge in [0, 0.05) is 99.1 Å². The number of carbonyl (C=O) groups excluding carboxylic acids is 8. The number of allylic oxidation sites excluding steroid dienone is 6. The predicted molar refractivity (Wildman–Crippen MR) is 374 cm³/mol. The summed E-state index contributed by atoms with van der Waals surface area (Å²) in [5.41, 5.74) is 1.44. The molecule has 0 radical (unpaired) electrons. The van der Waals surface area contributed by atoms with Crippen molar-refractivity contribution in [3.63, 3.8) is 0 Å². The minimum absolute atomic E-state index is 0.0243. The van der Waals surface area contributed by atoms with Crippen LogP contribution in [0.15, 0.2) is 82.3 Å². The van der Waals surface area contributed by atoms with Gasteiger partial charge in [0.15, 0.2) is 5.71 Å². The molecule has 7 amide bonds. The Bertz CT molecular complexity index is 4280. The molecule has 1 fully saturated rings. The smallest absolute Gasteiger partial charge is 0.333 e. The van der Waals surface area contributed by atoms with Crippen LogP contribution in [0.25, 0.3) is 0 Å². The first kappa shape index (κ1) is 85.0. The number of unbranched alkanes of at least 4 members (excludes halogenated alkanes) is 4. The normalized spacial score (nSPS) is 23.9. The quantitative estimate of drug-likeness (QED) is 0.0368. The molecule has 1 saturated heterocycles. The lowest BCUT2D eigenvalue weighted by atomic mass is 9.75. The summed E-state index contributed by atoms with van der Waals surface area (Å²) in [6.45, 7) is 4.30. The van der Waals surface area contributed by atoms with Gasteiger partial charge < -0.3 is 41.4 Å². The van der Waals surface area contributed by atoms with Crippen LogP contribution >= 0.6 is 0 Å². The van der Waals surface area contributed by atoms with Gasteiger partial charge >= 0.3 is 11.9 Å². The molecule has 6 rings (SSSR count). The number of hydrogen-bond donors (Lipinski definition) is 11. The number of imide groups is 1. The number of anilines is 1. The van der Waals surface area contributed by atoms with Crippen molar-refractivity contribution >= 4 is 121 Å². The van der Waals surface area contributed by atoms with Crippen molar-refractivity contribution in [2.24, 2.45) is 0 Å². The Morgan fingerprint density at radius 1 is 0.538 bits per heavy atom. The van der Waals surface area contributed by atoms with Crippen molar-refractivity contribution in [3.05, 3.63) is 83.6 Å². The first-order valence-electron chi connectivity index (χ1n) is 33.9. The molecule has 5 atom stereocenters. The topological polar surface area (TPSA) is 525 Å². The fraction of sp³-hybridized carbons (Fsp3) is 0.569. The standard InChI is InChI=1S/C65H90N8O26S5/c1-64(33-15-4-13-25-59(78)79)46-39-44(103(93,94)95)27-29-51(46)72-38-20-7-12-24-56(75)68-49(42-101(87,88)89)62(82)70-50(43-102(90,91)92)63(83)69-48(41-100(84,85)86)61(81)67-36-18-8-17-35-66-55(74)23-11-6-19-37-71-52-30-28-45(104(96,97)98)40-47(52)65(2,54(71)22-10-3-9-21-53(64)72)34-16-5-14-26-60(80)99-73-57(76)31-32-58(73)77/h3,9-10,21-22,27-30,39-40,48-50H,4-8,11-20,23-26,31-38,41-43H2,1-2H3,(H10-,66,67,68,69,70,74,75,78,79,81,82,83,84,85,86,87,88,89,90,91,92,93,94,95,96,97,98)/p+1. The molecule has 0 bridgehead atoms. The van der Waals surface area contributed by atoms with Gasteiger partial charge in [0.25, 0.3) is 62.4 Å². The SMILES string of the molecule is CC1(CCCCCC(=O)ON2C(=O)CCC2=O)C2=[N+](CCCCCC(=O)NCCCCCNC(=O)C(CS(=O)(=O)O)NC(=O)C(CS(=O)(=O)O)NC(=O)C(CS(=O)(=O)O)NC(=O)CCCCCN3/C(=C/C=C/C=C/2)C(C)(CCCCCC(=O)O)c2cc(S(=O)(=O)O)ccc23)c2ccc(S(=O)(=O)O)cc21. The lowest BCUT2D eigenvalue weighted by molar-refractivity contribution is -0.438. The van der Waals surface area contributed by atoms with Gasteiger partial charge in [0.1, 0.15) is 41.9 Å². The Balaban J connectivity index is 1.38. The van der Waals surface area contributed by atoms with E-state index in [-0.39, 0.29) is 94.6 Å². The highest BCUT2D eigenvalue weighted by molar-refractivity contribution is 7.86. The summed E-state index contributed by atoms with van der Waals surface area (Å²) >= 11 is 0. The Morgan fingerprint density at radius 2 is 1.05 bits per heavy atom. The van der Waals surface area contributed by atoms with Crippen molar-refractivity contribution < 1.29 is 123 Å². The summed E-state index contributed by atoms with van der Waals surface area (Å²) in [6, 6.07) is 1.45. The maximum Gasteiger partial charge on any atom is 0.333 e. The average Bonchev–Trinajstić information content (AvgIpc) is 1.58. The van der Waals surface area contributed by atoms with E-state index in [2.05, 4.69) is 16.0 Å². The molecule has 4 heterocycles. The molecule has 11 N–H and O–H groups in total. The third kappa shape index (κ3) is 25.7. The minimum atomic E-state index is -5.26. The largest absolute Gasteiger partial charge is 0.481 e. The molecule has 34 nitrogen and oxygen atoms in total. The van der Waals surface area contributed by atoms with Crippen molar-refractivity contribution in [3.8, 4) is 0 Å². The fourth-order valence-electron chi connectivity index (χ4n) is 12.9. The molecule has 0 spiro atoms. The molecule has 4 aliphatic rings. The zero-order chi connectivity index (χ0) is 77.0. The molecule has 0 saturated carbocycles. The van der Waals surface area contributed by atoms with Crippen molar-refractivity contribution in [1.29, 1.82) is 0 Å². The van der Waals surface area contributed by atoms with Crippen LogP contribution in [0.4, 0.5) is 11.4 Å². The molecule has 576 valence electrons. The van der Waals surface area contributed by atoms with Gasteiger partial charge in [-0.15, -0.1) is 5.06 Å². The Hall–Kier alpha value is -7.89. The second-order valence-corrected chi connectivity index (χ2v) is 33.7. The summed E-state index contributed by atoms with van der Waals surface area (Å²) in [5.74, 6) is -13.6.